The number of rotatable bonds is 10. The van der Waals surface area contributed by atoms with Crippen molar-refractivity contribution in [3.63, 3.8) is 0 Å². The van der Waals surface area contributed by atoms with Crippen LogP contribution in [0.1, 0.15) is 48.9 Å². The van der Waals surface area contributed by atoms with Gasteiger partial charge in [-0.1, -0.05) is 25.1 Å². The Balaban J connectivity index is 1.98. The van der Waals surface area contributed by atoms with Gasteiger partial charge in [-0.25, -0.2) is 8.42 Å². The molecule has 0 heterocycles. The van der Waals surface area contributed by atoms with Gasteiger partial charge in [0.2, 0.25) is 15.9 Å². The van der Waals surface area contributed by atoms with Crippen LogP contribution in [0.4, 0.5) is 5.69 Å². The zero-order chi connectivity index (χ0) is 22.3. The average molecular weight is 433 g/mol. The monoisotopic (exact) mass is 432 g/mol. The van der Waals surface area contributed by atoms with E-state index in [1.807, 2.05) is 57.2 Å². The molecule has 0 aliphatic heterocycles. The maximum Gasteiger partial charge on any atom is 0.232 e. The predicted molar refractivity (Wildman–Crippen MR) is 122 cm³/mol. The number of nitrogens with one attached hydrogen (secondary N) is 1. The van der Waals surface area contributed by atoms with Crippen molar-refractivity contribution >= 4 is 21.6 Å². The van der Waals surface area contributed by atoms with Crippen LogP contribution in [0.25, 0.3) is 0 Å². The number of carbonyl (C=O) groups is 1. The normalized spacial score (nSPS) is 12.3. The average Bonchev–Trinajstić information content (AvgIpc) is 2.71. The molecular formula is C23H32N2O4S. The number of carbonyl (C=O) groups excluding carboxylic acids is 1. The number of ether oxygens (including phenoxy) is 1. The highest BCUT2D eigenvalue weighted by atomic mass is 32.2. The van der Waals surface area contributed by atoms with Crippen LogP contribution < -0.4 is 14.4 Å². The number of amides is 1. The molecule has 164 valence electrons. The van der Waals surface area contributed by atoms with Crippen molar-refractivity contribution in [1.82, 2.24) is 5.32 Å². The van der Waals surface area contributed by atoms with Gasteiger partial charge in [-0.05, 0) is 67.6 Å². The second kappa shape index (κ2) is 10.5. The van der Waals surface area contributed by atoms with Crippen LogP contribution in [-0.2, 0) is 14.8 Å². The molecule has 30 heavy (non-hydrogen) atoms. The number of methoxy groups -OCH3 is 1. The lowest BCUT2D eigenvalue weighted by molar-refractivity contribution is -0.121. The van der Waals surface area contributed by atoms with E-state index < -0.39 is 10.0 Å². The van der Waals surface area contributed by atoms with Gasteiger partial charge in [0, 0.05) is 13.0 Å². The maximum absolute atomic E-state index is 12.5. The summed E-state index contributed by atoms with van der Waals surface area (Å²) in [5.41, 5.74) is 3.78. The van der Waals surface area contributed by atoms with Crippen molar-refractivity contribution in [2.45, 2.75) is 46.1 Å². The predicted octanol–water partition coefficient (Wildman–Crippen LogP) is 4.13. The van der Waals surface area contributed by atoms with Gasteiger partial charge in [0.15, 0.2) is 0 Å². The van der Waals surface area contributed by atoms with Crippen LogP contribution in [0.5, 0.6) is 5.75 Å². The molecule has 0 saturated carbocycles. The minimum absolute atomic E-state index is 0.0887. The molecule has 0 bridgehead atoms. The summed E-state index contributed by atoms with van der Waals surface area (Å²) in [5.74, 6) is 0.679. The first kappa shape index (κ1) is 23.7. The van der Waals surface area contributed by atoms with E-state index in [1.54, 1.807) is 13.2 Å². The number of aryl methyl sites for hydroxylation is 2. The smallest absolute Gasteiger partial charge is 0.232 e. The van der Waals surface area contributed by atoms with E-state index in [1.165, 1.54) is 10.6 Å². The lowest BCUT2D eigenvalue weighted by Gasteiger charge is -2.23. The lowest BCUT2D eigenvalue weighted by Crippen LogP contribution is -2.33. The molecule has 0 aliphatic rings. The Hall–Kier alpha value is -2.54. The third kappa shape index (κ3) is 6.49. The second-order valence-corrected chi connectivity index (χ2v) is 9.42. The van der Waals surface area contributed by atoms with E-state index in [0.29, 0.717) is 12.1 Å². The van der Waals surface area contributed by atoms with Crippen molar-refractivity contribution in [2.24, 2.45) is 0 Å². The zero-order valence-corrected chi connectivity index (χ0v) is 19.3. The highest BCUT2D eigenvalue weighted by Gasteiger charge is 2.19. The number of sulfonamides is 1. The van der Waals surface area contributed by atoms with Gasteiger partial charge in [-0.3, -0.25) is 9.10 Å². The molecule has 0 aliphatic carbocycles. The Kier molecular flexibility index (Phi) is 8.29. The summed E-state index contributed by atoms with van der Waals surface area (Å²) in [6.07, 6.45) is 2.64. The molecule has 1 unspecified atom stereocenters. The standard InChI is InChI=1S/C23H32N2O4S/c1-6-22(19-10-13-21(29-4)14-11-19)24-23(26)8-7-15-25(30(5,27)28)20-12-9-17(2)18(3)16-20/h9-14,16,22H,6-8,15H2,1-5H3,(H,24,26). The van der Waals surface area contributed by atoms with E-state index in [2.05, 4.69) is 5.32 Å². The van der Waals surface area contributed by atoms with Crippen LogP contribution in [0.2, 0.25) is 0 Å². The summed E-state index contributed by atoms with van der Waals surface area (Å²) in [5, 5.41) is 3.04. The van der Waals surface area contributed by atoms with E-state index in [-0.39, 0.29) is 24.9 Å². The van der Waals surface area contributed by atoms with E-state index in [9.17, 15) is 13.2 Å². The molecule has 0 spiro atoms. The number of benzene rings is 2. The molecule has 2 aromatic rings. The van der Waals surface area contributed by atoms with E-state index >= 15 is 0 Å². The Bertz CT molecular complexity index is 956. The van der Waals surface area contributed by atoms with Crippen molar-refractivity contribution in [3.8, 4) is 5.75 Å². The minimum Gasteiger partial charge on any atom is -0.497 e. The van der Waals surface area contributed by atoms with Crippen molar-refractivity contribution in [2.75, 3.05) is 24.2 Å². The van der Waals surface area contributed by atoms with Gasteiger partial charge in [0.25, 0.3) is 0 Å². The van der Waals surface area contributed by atoms with Gasteiger partial charge in [-0.15, -0.1) is 0 Å². The van der Waals surface area contributed by atoms with Gasteiger partial charge in [-0.2, -0.15) is 0 Å². The third-order valence-corrected chi connectivity index (χ3v) is 6.40. The van der Waals surface area contributed by atoms with Crippen LogP contribution in [0, 0.1) is 13.8 Å². The van der Waals surface area contributed by atoms with Gasteiger partial charge < -0.3 is 10.1 Å². The van der Waals surface area contributed by atoms with Gasteiger partial charge in [0.1, 0.15) is 5.75 Å². The summed E-state index contributed by atoms with van der Waals surface area (Å²) in [6.45, 7) is 6.21. The summed E-state index contributed by atoms with van der Waals surface area (Å²) >= 11 is 0. The molecule has 0 fully saturated rings. The largest absolute Gasteiger partial charge is 0.497 e. The molecule has 1 N–H and O–H groups in total. The molecule has 1 amide bonds. The van der Waals surface area contributed by atoms with Crippen LogP contribution in [-0.4, -0.2) is 34.2 Å². The van der Waals surface area contributed by atoms with E-state index in [0.717, 1.165) is 28.9 Å². The molecule has 0 saturated heterocycles. The third-order valence-electron chi connectivity index (χ3n) is 5.21. The first-order chi connectivity index (χ1) is 14.2. The first-order valence-corrected chi connectivity index (χ1v) is 12.0. The molecule has 2 rings (SSSR count). The Morgan fingerprint density at radius 2 is 1.77 bits per heavy atom. The Labute approximate surface area is 180 Å². The molecule has 1 atom stereocenters. The number of nitrogens with zero attached hydrogens (tertiary/aromatic N) is 1. The number of hydrogen-bond acceptors (Lipinski definition) is 4. The van der Waals surface area contributed by atoms with Gasteiger partial charge in [0.05, 0.1) is 25.1 Å². The molecule has 0 radical (unpaired) electrons. The van der Waals surface area contributed by atoms with Crippen molar-refractivity contribution in [3.05, 3.63) is 59.2 Å². The van der Waals surface area contributed by atoms with Crippen LogP contribution >= 0.6 is 0 Å². The molecule has 0 aromatic heterocycles. The summed E-state index contributed by atoms with van der Waals surface area (Å²) in [4.78, 5) is 12.5. The van der Waals surface area contributed by atoms with Crippen LogP contribution in [0.3, 0.4) is 0 Å². The number of hydrogen-bond donors (Lipinski definition) is 1. The summed E-state index contributed by atoms with van der Waals surface area (Å²) < 4.78 is 31.1. The molecule has 6 nitrogen and oxygen atoms in total. The van der Waals surface area contributed by atoms with Crippen molar-refractivity contribution < 1.29 is 17.9 Å². The maximum atomic E-state index is 12.5. The van der Waals surface area contributed by atoms with Gasteiger partial charge >= 0.3 is 0 Å². The fourth-order valence-electron chi connectivity index (χ4n) is 3.27. The fraction of sp³-hybridized carbons (Fsp3) is 0.435. The first-order valence-electron chi connectivity index (χ1n) is 10.1. The highest BCUT2D eigenvalue weighted by Crippen LogP contribution is 2.23. The molecular weight excluding hydrogens is 400 g/mol. The Morgan fingerprint density at radius 3 is 2.30 bits per heavy atom. The molecule has 2 aromatic carbocycles. The lowest BCUT2D eigenvalue weighted by atomic mass is 10.0. The number of anilines is 1. The summed E-state index contributed by atoms with van der Waals surface area (Å²) in [6, 6.07) is 13.1. The SMILES string of the molecule is CCC(NC(=O)CCCN(c1ccc(C)c(C)c1)S(C)(=O)=O)c1ccc(OC)cc1. The quantitative estimate of drug-likeness (QED) is 0.613. The van der Waals surface area contributed by atoms with Crippen LogP contribution in [0.15, 0.2) is 42.5 Å². The van der Waals surface area contributed by atoms with Crippen molar-refractivity contribution in [1.29, 1.82) is 0 Å². The molecule has 7 heteroatoms. The summed E-state index contributed by atoms with van der Waals surface area (Å²) in [7, 11) is -1.82. The Morgan fingerprint density at radius 1 is 1.10 bits per heavy atom. The zero-order valence-electron chi connectivity index (χ0n) is 18.4. The second-order valence-electron chi connectivity index (χ2n) is 7.51. The minimum atomic E-state index is -3.43. The van der Waals surface area contributed by atoms with E-state index in [4.69, 9.17) is 4.74 Å². The highest BCUT2D eigenvalue weighted by molar-refractivity contribution is 7.92. The topological polar surface area (TPSA) is 75.7 Å². The fourth-order valence-corrected chi connectivity index (χ4v) is 4.23.